The summed E-state index contributed by atoms with van der Waals surface area (Å²) in [6.45, 7) is 2.53. The number of hydrogen-bond donors (Lipinski definition) is 1. The van der Waals surface area contributed by atoms with Crippen LogP contribution in [-0.2, 0) is 6.54 Å². The molecule has 1 fully saturated rings. The molecule has 0 bridgehead atoms. The first-order valence-corrected chi connectivity index (χ1v) is 6.14. The van der Waals surface area contributed by atoms with Gasteiger partial charge in [-0.15, -0.1) is 0 Å². The molecule has 1 aromatic rings. The average molecular weight is 272 g/mol. The molecule has 0 radical (unpaired) electrons. The summed E-state index contributed by atoms with van der Waals surface area (Å²) in [5.41, 5.74) is 1.69. The number of benzene rings is 1. The van der Waals surface area contributed by atoms with Crippen molar-refractivity contribution in [2.24, 2.45) is 0 Å². The molecule has 1 aliphatic rings. The van der Waals surface area contributed by atoms with Gasteiger partial charge in [0.1, 0.15) is 5.82 Å². The molecule has 0 aromatic heterocycles. The first-order valence-electron chi connectivity index (χ1n) is 5.34. The SMILES string of the molecule is Cc1cc(Br)c(CNC2CCC2)cc1F. The van der Waals surface area contributed by atoms with Crippen molar-refractivity contribution in [3.63, 3.8) is 0 Å². The van der Waals surface area contributed by atoms with Crippen molar-refractivity contribution < 1.29 is 4.39 Å². The van der Waals surface area contributed by atoms with Crippen LogP contribution in [0.4, 0.5) is 4.39 Å². The number of nitrogens with one attached hydrogen (secondary N) is 1. The fourth-order valence-corrected chi connectivity index (χ4v) is 2.29. The molecule has 0 spiro atoms. The molecule has 82 valence electrons. The van der Waals surface area contributed by atoms with E-state index >= 15 is 0 Å². The summed E-state index contributed by atoms with van der Waals surface area (Å²) >= 11 is 3.46. The van der Waals surface area contributed by atoms with E-state index in [9.17, 15) is 4.39 Å². The van der Waals surface area contributed by atoms with Crippen LogP contribution in [0.2, 0.25) is 0 Å². The van der Waals surface area contributed by atoms with Crippen LogP contribution in [0.5, 0.6) is 0 Å². The highest BCUT2D eigenvalue weighted by atomic mass is 79.9. The fourth-order valence-electron chi connectivity index (χ4n) is 1.69. The Morgan fingerprint density at radius 3 is 2.80 bits per heavy atom. The minimum atomic E-state index is -0.122. The van der Waals surface area contributed by atoms with Crippen LogP contribution in [0, 0.1) is 12.7 Å². The first-order chi connectivity index (χ1) is 7.16. The molecule has 1 aliphatic carbocycles. The zero-order valence-electron chi connectivity index (χ0n) is 8.82. The Labute approximate surface area is 98.2 Å². The van der Waals surface area contributed by atoms with Crippen LogP contribution >= 0.6 is 15.9 Å². The second kappa shape index (κ2) is 4.62. The third-order valence-electron chi connectivity index (χ3n) is 3.01. The third kappa shape index (κ3) is 2.58. The van der Waals surface area contributed by atoms with Crippen molar-refractivity contribution in [1.29, 1.82) is 0 Å². The van der Waals surface area contributed by atoms with Crippen molar-refractivity contribution in [3.05, 3.63) is 33.5 Å². The van der Waals surface area contributed by atoms with Gasteiger partial charge in [0.15, 0.2) is 0 Å². The molecule has 0 unspecified atom stereocenters. The highest BCUT2D eigenvalue weighted by molar-refractivity contribution is 9.10. The van der Waals surface area contributed by atoms with Crippen LogP contribution in [0.3, 0.4) is 0 Å². The van der Waals surface area contributed by atoms with Gasteiger partial charge in [-0.05, 0) is 43.0 Å². The Bertz CT molecular complexity index is 361. The topological polar surface area (TPSA) is 12.0 Å². The highest BCUT2D eigenvalue weighted by Crippen LogP contribution is 2.23. The molecule has 1 aromatic carbocycles. The van der Waals surface area contributed by atoms with Gasteiger partial charge in [-0.3, -0.25) is 0 Å². The Kier molecular flexibility index (Phi) is 3.42. The van der Waals surface area contributed by atoms with E-state index in [0.29, 0.717) is 11.6 Å². The molecular weight excluding hydrogens is 257 g/mol. The molecule has 0 aliphatic heterocycles. The number of halogens is 2. The van der Waals surface area contributed by atoms with E-state index < -0.39 is 0 Å². The lowest BCUT2D eigenvalue weighted by Crippen LogP contribution is -2.34. The maximum atomic E-state index is 13.3. The van der Waals surface area contributed by atoms with E-state index in [1.807, 2.05) is 6.07 Å². The van der Waals surface area contributed by atoms with E-state index in [-0.39, 0.29) is 5.82 Å². The summed E-state index contributed by atoms with van der Waals surface area (Å²) < 4.78 is 14.3. The zero-order valence-corrected chi connectivity index (χ0v) is 10.4. The number of hydrogen-bond acceptors (Lipinski definition) is 1. The molecule has 1 saturated carbocycles. The van der Waals surface area contributed by atoms with Gasteiger partial charge in [-0.1, -0.05) is 22.4 Å². The monoisotopic (exact) mass is 271 g/mol. The lowest BCUT2D eigenvalue weighted by Gasteiger charge is -2.26. The Morgan fingerprint density at radius 2 is 2.20 bits per heavy atom. The molecule has 1 N–H and O–H groups in total. The van der Waals surface area contributed by atoms with E-state index in [0.717, 1.165) is 16.6 Å². The van der Waals surface area contributed by atoms with Gasteiger partial charge in [0.05, 0.1) is 0 Å². The maximum Gasteiger partial charge on any atom is 0.126 e. The van der Waals surface area contributed by atoms with Crippen LogP contribution in [-0.4, -0.2) is 6.04 Å². The quantitative estimate of drug-likeness (QED) is 0.887. The molecule has 0 saturated heterocycles. The van der Waals surface area contributed by atoms with Crippen molar-refractivity contribution in [2.75, 3.05) is 0 Å². The second-order valence-corrected chi connectivity index (χ2v) is 5.06. The normalized spacial score (nSPS) is 16.5. The Balaban J connectivity index is 2.03. The van der Waals surface area contributed by atoms with Gasteiger partial charge in [0, 0.05) is 17.1 Å². The molecule has 1 nitrogen and oxygen atoms in total. The first kappa shape index (κ1) is 11.1. The predicted octanol–water partition coefficient (Wildman–Crippen LogP) is 3.54. The average Bonchev–Trinajstić information content (AvgIpc) is 2.11. The minimum absolute atomic E-state index is 0.122. The summed E-state index contributed by atoms with van der Waals surface area (Å²) in [5.74, 6) is -0.122. The largest absolute Gasteiger partial charge is 0.310 e. The molecule has 0 amide bonds. The standard InChI is InChI=1S/C12H15BrFN/c1-8-5-11(13)9(6-12(8)14)7-15-10-3-2-4-10/h5-6,10,15H,2-4,7H2,1H3. The van der Waals surface area contributed by atoms with Crippen molar-refractivity contribution in [1.82, 2.24) is 5.32 Å². The minimum Gasteiger partial charge on any atom is -0.310 e. The molecule has 2 rings (SSSR count). The molecule has 3 heteroatoms. The number of aryl methyl sites for hydroxylation is 1. The Hall–Kier alpha value is -0.410. The highest BCUT2D eigenvalue weighted by Gasteiger charge is 2.16. The predicted molar refractivity (Wildman–Crippen MR) is 63.3 cm³/mol. The molecular formula is C12H15BrFN. The Morgan fingerprint density at radius 1 is 1.47 bits per heavy atom. The maximum absolute atomic E-state index is 13.3. The van der Waals surface area contributed by atoms with Gasteiger partial charge in [-0.25, -0.2) is 4.39 Å². The molecule has 0 atom stereocenters. The summed E-state index contributed by atoms with van der Waals surface area (Å²) in [6.07, 6.45) is 3.83. The summed E-state index contributed by atoms with van der Waals surface area (Å²) in [7, 11) is 0. The van der Waals surface area contributed by atoms with Crippen molar-refractivity contribution in [3.8, 4) is 0 Å². The van der Waals surface area contributed by atoms with Crippen LogP contribution < -0.4 is 5.32 Å². The fraction of sp³-hybridized carbons (Fsp3) is 0.500. The van der Waals surface area contributed by atoms with Gasteiger partial charge in [-0.2, -0.15) is 0 Å². The van der Waals surface area contributed by atoms with Crippen LogP contribution in [0.1, 0.15) is 30.4 Å². The van der Waals surface area contributed by atoms with Gasteiger partial charge in [0.2, 0.25) is 0 Å². The smallest absolute Gasteiger partial charge is 0.126 e. The lowest BCUT2D eigenvalue weighted by atomic mass is 9.93. The summed E-state index contributed by atoms with van der Waals surface area (Å²) in [5, 5.41) is 3.43. The van der Waals surface area contributed by atoms with Gasteiger partial charge >= 0.3 is 0 Å². The van der Waals surface area contributed by atoms with Crippen LogP contribution in [0.25, 0.3) is 0 Å². The molecule has 0 heterocycles. The van der Waals surface area contributed by atoms with Crippen molar-refractivity contribution in [2.45, 2.75) is 38.8 Å². The number of rotatable bonds is 3. The second-order valence-electron chi connectivity index (χ2n) is 4.20. The third-order valence-corrected chi connectivity index (χ3v) is 3.75. The molecule has 15 heavy (non-hydrogen) atoms. The van der Waals surface area contributed by atoms with E-state index in [2.05, 4.69) is 21.2 Å². The van der Waals surface area contributed by atoms with Crippen molar-refractivity contribution >= 4 is 15.9 Å². The van der Waals surface area contributed by atoms with Gasteiger partial charge in [0.25, 0.3) is 0 Å². The van der Waals surface area contributed by atoms with Crippen LogP contribution in [0.15, 0.2) is 16.6 Å². The zero-order chi connectivity index (χ0) is 10.8. The lowest BCUT2D eigenvalue weighted by molar-refractivity contribution is 0.338. The van der Waals surface area contributed by atoms with E-state index in [1.54, 1.807) is 13.0 Å². The summed E-state index contributed by atoms with van der Waals surface area (Å²) in [6, 6.07) is 4.10. The van der Waals surface area contributed by atoms with E-state index in [1.165, 1.54) is 19.3 Å². The summed E-state index contributed by atoms with van der Waals surface area (Å²) in [4.78, 5) is 0. The van der Waals surface area contributed by atoms with Gasteiger partial charge < -0.3 is 5.32 Å². The van der Waals surface area contributed by atoms with E-state index in [4.69, 9.17) is 0 Å².